The van der Waals surface area contributed by atoms with Gasteiger partial charge in [-0.15, -0.1) is 0 Å². The van der Waals surface area contributed by atoms with E-state index >= 15 is 0 Å². The first-order valence-corrected chi connectivity index (χ1v) is 19.0. The van der Waals surface area contributed by atoms with E-state index in [1.54, 1.807) is 53.7 Å². The molecule has 2 aliphatic rings. The summed E-state index contributed by atoms with van der Waals surface area (Å²) in [6.07, 6.45) is -2.19. The number of nitrogens with one attached hydrogen (secondary N) is 1. The third-order valence-corrected chi connectivity index (χ3v) is 10.5. The van der Waals surface area contributed by atoms with Crippen LogP contribution in [0.25, 0.3) is 5.52 Å². The van der Waals surface area contributed by atoms with Gasteiger partial charge in [0.15, 0.2) is 11.9 Å². The number of anilines is 1. The highest BCUT2D eigenvalue weighted by atomic mass is 32.2. The van der Waals surface area contributed by atoms with Crippen LogP contribution < -0.4 is 10.8 Å². The summed E-state index contributed by atoms with van der Waals surface area (Å²) >= 11 is 0. The van der Waals surface area contributed by atoms with Crippen LogP contribution in [-0.4, -0.2) is 95.1 Å². The smallest absolute Gasteiger partial charge is 0.406 e. The SMILES string of the molecule is CC(C)OC(=O)[C@H](C)NP(=O)(OCCS(C)(=O)=O)OC1[C@@]2(C)O[C@@H](c3ccc4c(N)ncnn34)[C@H](OC(=O)C(C)C)[C@@]12OC(=O)C(C)C. The molecule has 0 aromatic carbocycles. The van der Waals surface area contributed by atoms with Gasteiger partial charge in [0.05, 0.1) is 36.0 Å². The molecule has 3 N–H and O–H groups in total. The van der Waals surface area contributed by atoms with Crippen LogP contribution in [0.3, 0.4) is 0 Å². The number of nitrogens with two attached hydrogens (primary N) is 1. The Morgan fingerprint density at radius 2 is 1.73 bits per heavy atom. The van der Waals surface area contributed by atoms with Gasteiger partial charge < -0.3 is 24.7 Å². The van der Waals surface area contributed by atoms with Crippen LogP contribution in [0.2, 0.25) is 0 Å². The van der Waals surface area contributed by atoms with Crippen molar-refractivity contribution in [2.24, 2.45) is 11.8 Å². The zero-order chi connectivity index (χ0) is 36.0. The molecule has 3 heterocycles. The van der Waals surface area contributed by atoms with Crippen LogP contribution in [0.15, 0.2) is 18.5 Å². The van der Waals surface area contributed by atoms with Gasteiger partial charge in [0.2, 0.25) is 5.60 Å². The lowest BCUT2D eigenvalue weighted by molar-refractivity contribution is -0.181. The van der Waals surface area contributed by atoms with Crippen LogP contribution in [0.4, 0.5) is 5.82 Å². The number of rotatable bonds is 15. The average Bonchev–Trinajstić information content (AvgIpc) is 3.23. The zero-order valence-corrected chi connectivity index (χ0v) is 30.1. The molecule has 0 radical (unpaired) electrons. The maximum atomic E-state index is 14.3. The van der Waals surface area contributed by atoms with Crippen LogP contribution in [0.5, 0.6) is 0 Å². The molecular weight excluding hydrogens is 673 g/mol. The normalized spacial score (nSPS) is 27.1. The predicted molar refractivity (Wildman–Crippen MR) is 170 cm³/mol. The minimum atomic E-state index is -4.63. The van der Waals surface area contributed by atoms with E-state index in [4.69, 9.17) is 33.7 Å². The van der Waals surface area contributed by atoms with Gasteiger partial charge >= 0.3 is 25.7 Å². The Morgan fingerprint density at radius 1 is 1.08 bits per heavy atom. The van der Waals surface area contributed by atoms with E-state index in [9.17, 15) is 27.4 Å². The molecule has 2 aromatic heterocycles. The van der Waals surface area contributed by atoms with Gasteiger partial charge in [0.1, 0.15) is 45.5 Å². The number of fused-ring (bicyclic) bond motifs is 2. The second-order valence-electron chi connectivity index (χ2n) is 13.0. The van der Waals surface area contributed by atoms with E-state index in [0.717, 1.165) is 6.26 Å². The van der Waals surface area contributed by atoms with Crippen molar-refractivity contribution < 1.29 is 55.4 Å². The quantitative estimate of drug-likeness (QED) is 0.153. The van der Waals surface area contributed by atoms with Gasteiger partial charge in [-0.25, -0.2) is 27.6 Å². The molecule has 4 rings (SSSR count). The Hall–Kier alpha value is -3.15. The molecule has 2 fully saturated rings. The number of aromatic nitrogens is 3. The highest BCUT2D eigenvalue weighted by Crippen LogP contribution is 2.71. The predicted octanol–water partition coefficient (Wildman–Crippen LogP) is 2.15. The van der Waals surface area contributed by atoms with E-state index in [1.165, 1.54) is 24.7 Å². The molecule has 7 atom stereocenters. The van der Waals surface area contributed by atoms with Crippen LogP contribution >= 0.6 is 7.75 Å². The summed E-state index contributed by atoms with van der Waals surface area (Å²) in [5, 5.41) is 6.77. The first kappa shape index (κ1) is 37.7. The summed E-state index contributed by atoms with van der Waals surface area (Å²) in [5.74, 6) is -3.78. The maximum absolute atomic E-state index is 14.3. The molecule has 1 saturated carbocycles. The number of hydrogen-bond acceptors (Lipinski definition) is 15. The summed E-state index contributed by atoms with van der Waals surface area (Å²) < 4.78 is 74.9. The van der Waals surface area contributed by atoms with E-state index in [1.807, 2.05) is 0 Å². The van der Waals surface area contributed by atoms with Crippen LogP contribution in [0.1, 0.15) is 67.2 Å². The molecule has 2 aromatic rings. The Labute approximate surface area is 279 Å². The van der Waals surface area contributed by atoms with Crippen LogP contribution in [0, 0.1) is 11.8 Å². The second-order valence-corrected chi connectivity index (χ2v) is 17.0. The Bertz CT molecular complexity index is 1710. The first-order valence-electron chi connectivity index (χ1n) is 15.4. The zero-order valence-electron chi connectivity index (χ0n) is 28.4. The van der Waals surface area contributed by atoms with Gasteiger partial charge in [-0.1, -0.05) is 27.7 Å². The maximum Gasteiger partial charge on any atom is 0.406 e. The van der Waals surface area contributed by atoms with Crippen molar-refractivity contribution in [3.8, 4) is 0 Å². The summed E-state index contributed by atoms with van der Waals surface area (Å²) in [6, 6.07) is 2.04. The number of carbonyl (C=O) groups excluding carboxylic acids is 3. The van der Waals surface area contributed by atoms with E-state index < -0.39 is 101 Å². The summed E-state index contributed by atoms with van der Waals surface area (Å²) in [5.41, 5.74) is 3.35. The lowest BCUT2D eigenvalue weighted by atomic mass is 10.0. The topological polar surface area (TPSA) is 226 Å². The largest absolute Gasteiger partial charge is 0.462 e. The van der Waals surface area contributed by atoms with E-state index in [2.05, 4.69) is 15.2 Å². The Kier molecular flexibility index (Phi) is 10.7. The third-order valence-electron chi connectivity index (χ3n) is 7.93. The van der Waals surface area contributed by atoms with Crippen molar-refractivity contribution in [3.63, 3.8) is 0 Å². The molecular formula is C29H44N5O12PS. The highest BCUT2D eigenvalue weighted by Gasteiger charge is 2.91. The number of carbonyl (C=O) groups is 3. The van der Waals surface area contributed by atoms with Crippen molar-refractivity contribution in [2.75, 3.05) is 24.3 Å². The number of sulfone groups is 1. The number of nitrogens with zero attached hydrogens (tertiary/aromatic N) is 3. The fourth-order valence-electron chi connectivity index (χ4n) is 5.34. The van der Waals surface area contributed by atoms with Crippen molar-refractivity contribution in [1.29, 1.82) is 0 Å². The molecule has 1 aliphatic carbocycles. The molecule has 1 saturated heterocycles. The number of nitrogen functional groups attached to an aromatic ring is 1. The number of esters is 3. The summed E-state index contributed by atoms with van der Waals surface area (Å²) in [4.78, 5) is 43.1. The van der Waals surface area contributed by atoms with Crippen molar-refractivity contribution >= 4 is 46.8 Å². The third kappa shape index (κ3) is 7.38. The summed E-state index contributed by atoms with van der Waals surface area (Å²) in [6.45, 7) is 12.0. The van der Waals surface area contributed by atoms with Gasteiger partial charge in [0.25, 0.3) is 0 Å². The molecule has 2 unspecified atom stereocenters. The van der Waals surface area contributed by atoms with Crippen molar-refractivity contribution in [1.82, 2.24) is 19.7 Å². The van der Waals surface area contributed by atoms with Gasteiger partial charge in [0, 0.05) is 6.26 Å². The minimum Gasteiger partial charge on any atom is -0.462 e. The van der Waals surface area contributed by atoms with Crippen molar-refractivity contribution in [2.45, 2.75) is 97.0 Å². The van der Waals surface area contributed by atoms with Gasteiger partial charge in [-0.2, -0.15) is 5.10 Å². The molecule has 19 heteroatoms. The lowest BCUT2D eigenvalue weighted by Gasteiger charge is -2.31. The molecule has 0 bridgehead atoms. The van der Waals surface area contributed by atoms with Gasteiger partial charge in [-0.3, -0.25) is 23.4 Å². The Morgan fingerprint density at radius 3 is 2.31 bits per heavy atom. The second kappa shape index (κ2) is 13.6. The molecule has 0 spiro atoms. The highest BCUT2D eigenvalue weighted by molar-refractivity contribution is 7.90. The molecule has 268 valence electrons. The molecule has 1 aliphatic heterocycles. The van der Waals surface area contributed by atoms with E-state index in [-0.39, 0.29) is 5.82 Å². The summed E-state index contributed by atoms with van der Waals surface area (Å²) in [7, 11) is -8.20. The fraction of sp³-hybridized carbons (Fsp3) is 0.690. The standard InChI is InChI=1S/C29H44N5O12PS/c1-15(2)24(35)43-22-21(19-10-11-20-23(30)31-14-32-34(19)20)44-28(8)27(29(22,28)45-25(36)16(3)4)46-47(38,41-12-13-48(9,39)40)33-18(7)26(37)42-17(5)6/h10-11,14-18,21-22,27H,12-13H2,1-9H3,(H,33,38)(H2,30,31,32)/t18-,21-,22-,27?,28+,29+,47?/m0/s1. The minimum absolute atomic E-state index is 0.173. The van der Waals surface area contributed by atoms with Crippen LogP contribution in [-0.2, 0) is 56.8 Å². The van der Waals surface area contributed by atoms with Crippen molar-refractivity contribution in [3.05, 3.63) is 24.2 Å². The lowest BCUT2D eigenvalue weighted by Crippen LogP contribution is -2.44. The molecule has 48 heavy (non-hydrogen) atoms. The molecule has 0 amide bonds. The fourth-order valence-corrected chi connectivity index (χ4v) is 7.60. The monoisotopic (exact) mass is 717 g/mol. The number of ether oxygens (including phenoxy) is 4. The molecule has 17 nitrogen and oxygen atoms in total. The number of hydrogen-bond donors (Lipinski definition) is 2. The average molecular weight is 718 g/mol. The van der Waals surface area contributed by atoms with Gasteiger partial charge in [-0.05, 0) is 39.8 Å². The van der Waals surface area contributed by atoms with E-state index in [0.29, 0.717) is 11.2 Å². The Balaban J connectivity index is 1.80. The first-order chi connectivity index (χ1) is 22.2.